The van der Waals surface area contributed by atoms with E-state index in [1.165, 1.54) is 18.7 Å². The van der Waals surface area contributed by atoms with Crippen LogP contribution >= 0.6 is 59.6 Å². The predicted octanol–water partition coefficient (Wildman–Crippen LogP) is 6.39. The number of anilines is 1. The van der Waals surface area contributed by atoms with Gasteiger partial charge in [0.25, 0.3) is 0 Å². The molecule has 1 atom stereocenters. The molecular weight excluding hydrogens is 628 g/mol. The van der Waals surface area contributed by atoms with E-state index in [4.69, 9.17) is 9.47 Å². The fraction of sp³-hybridized carbons (Fsp3) is 0.238. The molecule has 0 aliphatic carbocycles. The number of thioether (sulfide) groups is 1. The molecule has 2 aromatic carbocycles. The molecule has 4 rings (SSSR count). The number of hydrogen-bond donors (Lipinski definition) is 0. The minimum Gasteiger partial charge on any atom is -0.495 e. The lowest BCUT2D eigenvalue weighted by Gasteiger charge is -2.31. The number of carbonyl (C=O) groups excluding carboxylic acids is 1. The number of aromatic nitrogens is 3. The molecule has 3 aromatic rings. The summed E-state index contributed by atoms with van der Waals surface area (Å²) < 4.78 is 14.4. The molecule has 11 heteroatoms. The summed E-state index contributed by atoms with van der Waals surface area (Å²) in [6.45, 7) is 3.51. The van der Waals surface area contributed by atoms with Crippen LogP contribution in [0.1, 0.15) is 25.6 Å². The van der Waals surface area contributed by atoms with Gasteiger partial charge < -0.3 is 9.47 Å². The highest BCUT2D eigenvalue weighted by Gasteiger charge is 2.37. The molecule has 0 fully saturated rings. The quantitative estimate of drug-likeness (QED) is 0.305. The Balaban J connectivity index is 2.02. The van der Waals surface area contributed by atoms with Gasteiger partial charge in [0.2, 0.25) is 23.2 Å². The van der Waals surface area contributed by atoms with E-state index < -0.39 is 6.23 Å². The molecule has 0 bridgehead atoms. The van der Waals surface area contributed by atoms with Gasteiger partial charge in [-0.25, -0.2) is 0 Å². The molecule has 0 spiro atoms. The van der Waals surface area contributed by atoms with Crippen molar-refractivity contribution in [1.82, 2.24) is 15.2 Å². The van der Waals surface area contributed by atoms with Gasteiger partial charge in [-0.1, -0.05) is 50.5 Å². The number of hydrogen-bond acceptors (Lipinski definition) is 7. The molecule has 0 N–H and O–H groups in total. The van der Waals surface area contributed by atoms with Crippen molar-refractivity contribution in [2.24, 2.45) is 0 Å². The second kappa shape index (κ2) is 9.66. The van der Waals surface area contributed by atoms with E-state index in [9.17, 15) is 4.79 Å². The van der Waals surface area contributed by atoms with Crippen LogP contribution in [0, 0.1) is 0 Å². The lowest BCUT2D eigenvalue weighted by Crippen LogP contribution is -2.36. The number of rotatable bonds is 4. The SMILES string of the molecule is CCSc1nnc2c(n1)O[C@@H](c1cc(Br)cc(Br)c1OC)N(C(C)=O)c1ccc(Br)cc1-2. The third kappa shape index (κ3) is 4.40. The monoisotopic (exact) mass is 642 g/mol. The van der Waals surface area contributed by atoms with E-state index in [0.29, 0.717) is 39.3 Å². The number of methoxy groups -OCH3 is 1. The zero-order chi connectivity index (χ0) is 23.0. The van der Waals surface area contributed by atoms with Gasteiger partial charge >= 0.3 is 0 Å². The van der Waals surface area contributed by atoms with Gasteiger partial charge in [-0.3, -0.25) is 9.69 Å². The van der Waals surface area contributed by atoms with Crippen LogP contribution in [-0.2, 0) is 4.79 Å². The maximum atomic E-state index is 13.0. The van der Waals surface area contributed by atoms with Crippen LogP contribution in [0.5, 0.6) is 11.6 Å². The van der Waals surface area contributed by atoms with Crippen LogP contribution in [0.3, 0.4) is 0 Å². The number of amides is 1. The summed E-state index contributed by atoms with van der Waals surface area (Å²) in [4.78, 5) is 19.2. The van der Waals surface area contributed by atoms with E-state index >= 15 is 0 Å². The van der Waals surface area contributed by atoms with Crippen molar-refractivity contribution >= 4 is 71.1 Å². The largest absolute Gasteiger partial charge is 0.495 e. The summed E-state index contributed by atoms with van der Waals surface area (Å²) in [6.07, 6.45) is -0.853. The molecule has 7 nitrogen and oxygen atoms in total. The molecule has 0 unspecified atom stereocenters. The molecular formula is C21H17Br3N4O3S. The van der Waals surface area contributed by atoms with Gasteiger partial charge in [0.05, 0.1) is 22.8 Å². The maximum Gasteiger partial charge on any atom is 0.247 e. The summed E-state index contributed by atoms with van der Waals surface area (Å²) in [6, 6.07) is 9.34. The molecule has 0 saturated heterocycles. The summed E-state index contributed by atoms with van der Waals surface area (Å²) in [7, 11) is 1.57. The minimum absolute atomic E-state index is 0.208. The van der Waals surface area contributed by atoms with Crippen LogP contribution in [0.4, 0.5) is 5.69 Å². The van der Waals surface area contributed by atoms with E-state index in [0.717, 1.165) is 19.2 Å². The Labute approximate surface area is 214 Å². The number of ether oxygens (including phenoxy) is 2. The van der Waals surface area contributed by atoms with Crippen LogP contribution < -0.4 is 14.4 Å². The number of fused-ring (bicyclic) bond motifs is 3. The van der Waals surface area contributed by atoms with Crippen LogP contribution in [0.15, 0.2) is 48.9 Å². The number of nitrogens with zero attached hydrogens (tertiary/aromatic N) is 4. The topological polar surface area (TPSA) is 77.4 Å². The Bertz CT molecular complexity index is 1210. The summed E-state index contributed by atoms with van der Waals surface area (Å²) in [5, 5.41) is 9.16. The van der Waals surface area contributed by atoms with Crippen molar-refractivity contribution in [2.75, 3.05) is 17.8 Å². The second-order valence-electron chi connectivity index (χ2n) is 6.71. The molecule has 32 heavy (non-hydrogen) atoms. The average molecular weight is 645 g/mol. The zero-order valence-electron chi connectivity index (χ0n) is 17.2. The first kappa shape index (κ1) is 23.5. The van der Waals surface area contributed by atoms with Gasteiger partial charge in [0.15, 0.2) is 5.69 Å². The summed E-state index contributed by atoms with van der Waals surface area (Å²) in [5.41, 5.74) is 2.43. The fourth-order valence-corrected chi connectivity index (χ4v) is 5.73. The third-order valence-electron chi connectivity index (χ3n) is 4.69. The Morgan fingerprint density at radius 2 is 1.97 bits per heavy atom. The van der Waals surface area contributed by atoms with Gasteiger partial charge in [0, 0.05) is 21.4 Å². The molecule has 1 aliphatic rings. The predicted molar refractivity (Wildman–Crippen MR) is 134 cm³/mol. The van der Waals surface area contributed by atoms with Crippen LogP contribution in [0.2, 0.25) is 0 Å². The van der Waals surface area contributed by atoms with E-state index in [-0.39, 0.29) is 5.91 Å². The number of halogens is 3. The Morgan fingerprint density at radius 1 is 1.19 bits per heavy atom. The highest BCUT2D eigenvalue weighted by Crippen LogP contribution is 2.47. The summed E-state index contributed by atoms with van der Waals surface area (Å²) >= 11 is 12.1. The highest BCUT2D eigenvalue weighted by atomic mass is 79.9. The first-order valence-electron chi connectivity index (χ1n) is 9.50. The second-order valence-corrected chi connectivity index (χ2v) is 10.6. The normalized spacial score (nSPS) is 14.8. The van der Waals surface area contributed by atoms with Crippen molar-refractivity contribution < 1.29 is 14.3 Å². The Kier molecular flexibility index (Phi) is 7.09. The van der Waals surface area contributed by atoms with Gasteiger partial charge in [-0.15, -0.1) is 10.2 Å². The summed E-state index contributed by atoms with van der Waals surface area (Å²) in [5.74, 6) is 1.43. The van der Waals surface area contributed by atoms with Gasteiger partial charge in [0.1, 0.15) is 5.75 Å². The lowest BCUT2D eigenvalue weighted by atomic mass is 10.1. The van der Waals surface area contributed by atoms with Crippen molar-refractivity contribution in [2.45, 2.75) is 25.2 Å². The highest BCUT2D eigenvalue weighted by molar-refractivity contribution is 9.11. The average Bonchev–Trinajstić information content (AvgIpc) is 2.87. The smallest absolute Gasteiger partial charge is 0.247 e. The van der Waals surface area contributed by atoms with E-state index in [2.05, 4.69) is 63.0 Å². The molecule has 0 saturated carbocycles. The van der Waals surface area contributed by atoms with Gasteiger partial charge in [-0.2, -0.15) is 4.98 Å². The standard InChI is InChI=1S/C21H17Br3N4O3S/c1-4-32-21-25-19-17(26-27-21)13-7-11(22)5-6-16(13)28(10(2)29)20(31-19)14-8-12(23)9-15(24)18(14)30-3/h5-9,20H,4H2,1-3H3/t20-/m0/s1. The lowest BCUT2D eigenvalue weighted by molar-refractivity contribution is -0.118. The van der Waals surface area contributed by atoms with Crippen LogP contribution in [0.25, 0.3) is 11.3 Å². The number of carbonyl (C=O) groups is 1. The van der Waals surface area contributed by atoms with Crippen molar-refractivity contribution in [3.63, 3.8) is 0 Å². The molecule has 0 radical (unpaired) electrons. The van der Waals surface area contributed by atoms with E-state index in [1.54, 1.807) is 12.0 Å². The zero-order valence-corrected chi connectivity index (χ0v) is 22.8. The first-order chi connectivity index (χ1) is 15.3. The fourth-order valence-electron chi connectivity index (χ4n) is 3.45. The molecule has 166 valence electrons. The minimum atomic E-state index is -0.853. The van der Waals surface area contributed by atoms with Crippen LogP contribution in [-0.4, -0.2) is 34.0 Å². The van der Waals surface area contributed by atoms with E-state index in [1.807, 2.05) is 37.3 Å². The van der Waals surface area contributed by atoms with Gasteiger partial charge in [-0.05, 0) is 52.0 Å². The first-order valence-corrected chi connectivity index (χ1v) is 12.9. The van der Waals surface area contributed by atoms with Crippen molar-refractivity contribution in [1.29, 1.82) is 0 Å². The Morgan fingerprint density at radius 3 is 2.66 bits per heavy atom. The van der Waals surface area contributed by atoms with Crippen molar-refractivity contribution in [3.05, 3.63) is 49.3 Å². The molecule has 2 heterocycles. The maximum absolute atomic E-state index is 13.0. The number of benzene rings is 2. The molecule has 1 aromatic heterocycles. The molecule has 1 aliphatic heterocycles. The Hall–Kier alpha value is -1.69. The molecule has 1 amide bonds. The van der Waals surface area contributed by atoms with Crippen molar-refractivity contribution in [3.8, 4) is 22.9 Å². The third-order valence-corrected chi connectivity index (χ3v) is 6.95.